The molecule has 0 amide bonds. The van der Waals surface area contributed by atoms with Crippen molar-refractivity contribution in [1.82, 2.24) is 9.21 Å². The van der Waals surface area contributed by atoms with Gasteiger partial charge in [-0.25, -0.2) is 12.7 Å². The predicted octanol–water partition coefficient (Wildman–Crippen LogP) is 1.03. The van der Waals surface area contributed by atoms with Crippen LogP contribution >= 0.6 is 0 Å². The molecule has 0 spiro atoms. The molecule has 118 valence electrons. The van der Waals surface area contributed by atoms with Crippen molar-refractivity contribution >= 4 is 10.0 Å². The maximum atomic E-state index is 12.7. The fourth-order valence-corrected chi connectivity index (χ4v) is 4.14. The summed E-state index contributed by atoms with van der Waals surface area (Å²) in [6.07, 6.45) is 1.05. The minimum Gasteiger partial charge on any atom is -0.326 e. The van der Waals surface area contributed by atoms with Gasteiger partial charge in [-0.3, -0.25) is 0 Å². The van der Waals surface area contributed by atoms with E-state index in [2.05, 4.69) is 11.9 Å². The molecule has 0 saturated carbocycles. The van der Waals surface area contributed by atoms with Crippen molar-refractivity contribution in [3.8, 4) is 0 Å². The van der Waals surface area contributed by atoms with E-state index in [0.717, 1.165) is 30.6 Å². The maximum Gasteiger partial charge on any atom is 0.242 e. The van der Waals surface area contributed by atoms with Gasteiger partial charge in [0.15, 0.2) is 0 Å². The second-order valence-corrected chi connectivity index (χ2v) is 8.04. The Morgan fingerprint density at radius 1 is 1.43 bits per heavy atom. The van der Waals surface area contributed by atoms with Gasteiger partial charge >= 0.3 is 0 Å². The maximum absolute atomic E-state index is 12.7. The van der Waals surface area contributed by atoms with Crippen molar-refractivity contribution in [2.45, 2.75) is 24.8 Å². The first-order chi connectivity index (χ1) is 9.84. The third kappa shape index (κ3) is 3.63. The van der Waals surface area contributed by atoms with E-state index in [4.69, 9.17) is 5.73 Å². The molecule has 1 atom stereocenters. The van der Waals surface area contributed by atoms with Gasteiger partial charge in [0.05, 0.1) is 4.90 Å². The summed E-state index contributed by atoms with van der Waals surface area (Å²) in [6, 6.07) is 5.19. The summed E-state index contributed by atoms with van der Waals surface area (Å²) in [7, 11) is 0.300. The molecule has 5 nitrogen and oxygen atoms in total. The van der Waals surface area contributed by atoms with Gasteiger partial charge in [0.25, 0.3) is 0 Å². The number of nitrogens with two attached hydrogens (primary N) is 1. The molecule has 1 fully saturated rings. The predicted molar refractivity (Wildman–Crippen MR) is 84.5 cm³/mol. The van der Waals surface area contributed by atoms with Gasteiger partial charge in [-0.05, 0) is 56.1 Å². The minimum absolute atomic E-state index is 0.336. The average Bonchev–Trinajstić information content (AvgIpc) is 2.84. The molecule has 21 heavy (non-hydrogen) atoms. The molecule has 2 rings (SSSR count). The highest BCUT2D eigenvalue weighted by Crippen LogP contribution is 2.22. The second kappa shape index (κ2) is 6.44. The molecule has 1 saturated heterocycles. The quantitative estimate of drug-likeness (QED) is 0.882. The molecule has 1 aromatic carbocycles. The van der Waals surface area contributed by atoms with Crippen LogP contribution in [-0.2, 0) is 16.6 Å². The lowest BCUT2D eigenvalue weighted by Crippen LogP contribution is -2.33. The monoisotopic (exact) mass is 311 g/mol. The Kier molecular flexibility index (Phi) is 5.03. The van der Waals surface area contributed by atoms with Crippen LogP contribution in [-0.4, -0.2) is 51.4 Å². The van der Waals surface area contributed by atoms with Crippen molar-refractivity contribution in [3.63, 3.8) is 0 Å². The van der Waals surface area contributed by atoms with Crippen LogP contribution in [0.15, 0.2) is 23.1 Å². The first-order valence-electron chi connectivity index (χ1n) is 7.29. The molecule has 0 aromatic heterocycles. The molecule has 1 unspecified atom stereocenters. The van der Waals surface area contributed by atoms with Gasteiger partial charge in [0.2, 0.25) is 10.0 Å². The Balaban J connectivity index is 2.17. The normalized spacial score (nSPS) is 20.3. The van der Waals surface area contributed by atoms with Gasteiger partial charge in [0.1, 0.15) is 0 Å². The molecule has 6 heteroatoms. The van der Waals surface area contributed by atoms with Gasteiger partial charge in [-0.15, -0.1) is 0 Å². The van der Waals surface area contributed by atoms with E-state index in [1.54, 1.807) is 19.2 Å². The highest BCUT2D eigenvalue weighted by molar-refractivity contribution is 7.89. The third-order valence-electron chi connectivity index (χ3n) is 4.25. The molecular formula is C15H25N3O2S. The van der Waals surface area contributed by atoms with Gasteiger partial charge in [0, 0.05) is 26.7 Å². The summed E-state index contributed by atoms with van der Waals surface area (Å²) in [5, 5.41) is 0. The molecule has 0 bridgehead atoms. The standard InChI is InChI=1S/C15H25N3O2S/c1-12-4-5-15(8-14(12)9-16)21(19,20)18(3)11-13-6-7-17(2)10-13/h4-5,8,13H,6-7,9-11,16H2,1-3H3. The fourth-order valence-electron chi connectivity index (χ4n) is 2.85. The summed E-state index contributed by atoms with van der Waals surface area (Å²) >= 11 is 0. The van der Waals surface area contributed by atoms with Gasteiger partial charge in [-0.2, -0.15) is 0 Å². The molecule has 2 N–H and O–H groups in total. The third-order valence-corrected chi connectivity index (χ3v) is 6.07. The zero-order valence-corrected chi connectivity index (χ0v) is 13.9. The lowest BCUT2D eigenvalue weighted by Gasteiger charge is -2.21. The number of likely N-dealkylation sites (tertiary alicyclic amines) is 1. The number of hydrogen-bond donors (Lipinski definition) is 1. The zero-order valence-electron chi connectivity index (χ0n) is 13.0. The highest BCUT2D eigenvalue weighted by Gasteiger charge is 2.27. The number of aryl methyl sites for hydroxylation is 1. The molecule has 1 aliphatic heterocycles. The van der Waals surface area contributed by atoms with Gasteiger partial charge < -0.3 is 10.6 Å². The van der Waals surface area contributed by atoms with E-state index in [1.165, 1.54) is 4.31 Å². The van der Waals surface area contributed by atoms with Crippen LogP contribution in [0.2, 0.25) is 0 Å². The van der Waals surface area contributed by atoms with Crippen molar-refractivity contribution in [2.24, 2.45) is 11.7 Å². The number of sulfonamides is 1. The average molecular weight is 311 g/mol. The molecule has 1 aliphatic rings. The van der Waals surface area contributed by atoms with E-state index in [0.29, 0.717) is 23.9 Å². The Labute approximate surface area is 127 Å². The first kappa shape index (κ1) is 16.4. The smallest absolute Gasteiger partial charge is 0.242 e. The van der Waals surface area contributed by atoms with E-state index in [1.807, 2.05) is 13.0 Å². The summed E-state index contributed by atoms with van der Waals surface area (Å²) < 4.78 is 26.8. The van der Waals surface area contributed by atoms with E-state index in [9.17, 15) is 8.42 Å². The zero-order chi connectivity index (χ0) is 15.6. The van der Waals surface area contributed by atoms with E-state index < -0.39 is 10.0 Å². The molecule has 1 heterocycles. The van der Waals surface area contributed by atoms with Crippen LogP contribution in [0.3, 0.4) is 0 Å². The van der Waals surface area contributed by atoms with Crippen LogP contribution in [0.5, 0.6) is 0 Å². The summed E-state index contributed by atoms with van der Waals surface area (Å²) in [4.78, 5) is 2.58. The topological polar surface area (TPSA) is 66.6 Å². The van der Waals surface area contributed by atoms with Crippen LogP contribution in [0, 0.1) is 12.8 Å². The Bertz CT molecular complexity index is 601. The Morgan fingerprint density at radius 2 is 2.14 bits per heavy atom. The second-order valence-electron chi connectivity index (χ2n) is 5.99. The summed E-state index contributed by atoms with van der Waals surface area (Å²) in [6.45, 7) is 4.86. The van der Waals surface area contributed by atoms with E-state index >= 15 is 0 Å². The van der Waals surface area contributed by atoms with Crippen molar-refractivity contribution in [1.29, 1.82) is 0 Å². The SMILES string of the molecule is Cc1ccc(S(=O)(=O)N(C)CC2CCN(C)C2)cc1CN. The van der Waals surface area contributed by atoms with Crippen LogP contribution in [0.4, 0.5) is 0 Å². The summed E-state index contributed by atoms with van der Waals surface area (Å²) in [5.41, 5.74) is 7.58. The lowest BCUT2D eigenvalue weighted by atomic mass is 10.1. The van der Waals surface area contributed by atoms with Crippen LogP contribution in [0.1, 0.15) is 17.5 Å². The number of benzene rings is 1. The number of nitrogens with zero attached hydrogens (tertiary/aromatic N) is 2. The highest BCUT2D eigenvalue weighted by atomic mass is 32.2. The molecule has 0 radical (unpaired) electrons. The van der Waals surface area contributed by atoms with Crippen molar-refractivity contribution in [2.75, 3.05) is 33.7 Å². The molecule has 1 aromatic rings. The van der Waals surface area contributed by atoms with Crippen molar-refractivity contribution < 1.29 is 8.42 Å². The number of rotatable bonds is 5. The molecular weight excluding hydrogens is 286 g/mol. The van der Waals surface area contributed by atoms with Gasteiger partial charge in [-0.1, -0.05) is 6.07 Å². The Morgan fingerprint density at radius 3 is 2.71 bits per heavy atom. The first-order valence-corrected chi connectivity index (χ1v) is 8.73. The largest absolute Gasteiger partial charge is 0.326 e. The minimum atomic E-state index is -3.43. The summed E-state index contributed by atoms with van der Waals surface area (Å²) in [5.74, 6) is 0.411. The Hall–Kier alpha value is -0.950. The molecule has 0 aliphatic carbocycles. The fraction of sp³-hybridized carbons (Fsp3) is 0.600. The van der Waals surface area contributed by atoms with E-state index in [-0.39, 0.29) is 0 Å². The number of hydrogen-bond acceptors (Lipinski definition) is 4. The van der Waals surface area contributed by atoms with Crippen molar-refractivity contribution in [3.05, 3.63) is 29.3 Å². The van der Waals surface area contributed by atoms with Crippen LogP contribution < -0.4 is 5.73 Å². The van der Waals surface area contributed by atoms with Crippen LogP contribution in [0.25, 0.3) is 0 Å². The lowest BCUT2D eigenvalue weighted by molar-refractivity contribution is 0.356.